The summed E-state index contributed by atoms with van der Waals surface area (Å²) in [7, 11) is 1.96. The molecule has 0 unspecified atom stereocenters. The van der Waals surface area contributed by atoms with Crippen LogP contribution < -0.4 is 9.47 Å². The summed E-state index contributed by atoms with van der Waals surface area (Å²) in [6.45, 7) is 10.5. The molecule has 1 amide bonds. The highest BCUT2D eigenvalue weighted by Crippen LogP contribution is 2.51. The molecule has 5 rings (SSSR count). The van der Waals surface area contributed by atoms with Gasteiger partial charge in [-0.2, -0.15) is 0 Å². The minimum Gasteiger partial charge on any atom is -0.337 e. The zero-order chi connectivity index (χ0) is 23.7. The highest BCUT2D eigenvalue weighted by molar-refractivity contribution is 8.19. The van der Waals surface area contributed by atoms with Gasteiger partial charge in [-0.05, 0) is 47.4 Å². The molecule has 2 aliphatic heterocycles. The normalized spacial score (nSPS) is 18.5. The number of likely N-dealkylation sites (N-methyl/N-ethyl adjacent to an activating group) is 1. The van der Waals surface area contributed by atoms with Crippen molar-refractivity contribution < 1.29 is 9.36 Å². The van der Waals surface area contributed by atoms with Gasteiger partial charge in [0.15, 0.2) is 5.69 Å². The number of nitrogens with zero attached hydrogens (tertiary/aromatic N) is 5. The van der Waals surface area contributed by atoms with Crippen molar-refractivity contribution in [2.75, 3.05) is 18.5 Å². The lowest BCUT2D eigenvalue weighted by atomic mass is 10.2. The molecular formula is C26H22N5OS2+. The van der Waals surface area contributed by atoms with Crippen LogP contribution in [0.25, 0.3) is 4.85 Å². The molecule has 3 heterocycles. The van der Waals surface area contributed by atoms with Gasteiger partial charge in [0.1, 0.15) is 11.4 Å². The van der Waals surface area contributed by atoms with Gasteiger partial charge < -0.3 is 4.90 Å². The lowest BCUT2D eigenvalue weighted by molar-refractivity contribution is -0.675. The molecule has 0 bridgehead atoms. The van der Waals surface area contributed by atoms with Gasteiger partial charge in [0.25, 0.3) is 11.1 Å². The van der Waals surface area contributed by atoms with E-state index in [4.69, 9.17) is 11.6 Å². The number of aromatic nitrogens is 1. The molecule has 2 aromatic carbocycles. The minimum atomic E-state index is -0.0376. The number of pyridine rings is 1. The van der Waals surface area contributed by atoms with E-state index in [-0.39, 0.29) is 5.91 Å². The number of benzene rings is 2. The van der Waals surface area contributed by atoms with Crippen molar-refractivity contribution in [3.8, 4) is 0 Å². The van der Waals surface area contributed by atoms with Crippen LogP contribution in [0.15, 0.2) is 92.7 Å². The standard InChI is InChI=1S/C26H22N5OS2/c1-4-31-24(32)23(25-29(3)20-14-13-19(27-2)16-21(20)33-25)34-26(31)28-22-12-8-9-15-30(22)17-18-10-6-5-7-11-18/h5-16H,4,17H2,1,3H3/q+1/b25-23+. The molecule has 1 fully saturated rings. The Balaban J connectivity index is 1.50. The lowest BCUT2D eigenvalue weighted by Crippen LogP contribution is -2.35. The number of carbonyl (C=O) groups excluding carboxylic acids is 1. The van der Waals surface area contributed by atoms with Gasteiger partial charge in [-0.1, -0.05) is 54.2 Å². The fourth-order valence-corrected chi connectivity index (χ4v) is 6.32. The smallest absolute Gasteiger partial charge is 0.326 e. The van der Waals surface area contributed by atoms with Gasteiger partial charge in [0.05, 0.1) is 23.5 Å². The molecule has 6 nitrogen and oxygen atoms in total. The number of carbonyl (C=O) groups is 1. The van der Waals surface area contributed by atoms with Gasteiger partial charge in [0, 0.05) is 24.6 Å². The fraction of sp³-hybridized carbons (Fsp3) is 0.154. The molecule has 34 heavy (non-hydrogen) atoms. The van der Waals surface area contributed by atoms with E-state index < -0.39 is 0 Å². The van der Waals surface area contributed by atoms with Gasteiger partial charge in [0.2, 0.25) is 0 Å². The largest absolute Gasteiger partial charge is 0.337 e. The maximum atomic E-state index is 13.4. The SMILES string of the molecule is [C-]#[N+]c1ccc2c(c1)S/C(=C1/SC(=Nc3cccc[n+]3Cc3ccccc3)N(CC)C1=O)N2C. The van der Waals surface area contributed by atoms with Crippen LogP contribution in [0.5, 0.6) is 0 Å². The molecule has 0 N–H and O–H groups in total. The maximum Gasteiger partial charge on any atom is 0.326 e. The topological polar surface area (TPSA) is 44.1 Å². The molecule has 1 aromatic heterocycles. The number of hydrogen-bond donors (Lipinski definition) is 0. The first-order valence-electron chi connectivity index (χ1n) is 10.9. The van der Waals surface area contributed by atoms with E-state index >= 15 is 0 Å². The molecule has 1 saturated heterocycles. The van der Waals surface area contributed by atoms with Crippen LogP contribution in [-0.4, -0.2) is 29.6 Å². The van der Waals surface area contributed by atoms with Crippen molar-refractivity contribution in [3.63, 3.8) is 0 Å². The highest BCUT2D eigenvalue weighted by Gasteiger charge is 2.41. The monoisotopic (exact) mass is 484 g/mol. The van der Waals surface area contributed by atoms with Gasteiger partial charge in [-0.25, -0.2) is 9.41 Å². The number of thioether (sulfide) groups is 2. The van der Waals surface area contributed by atoms with Crippen molar-refractivity contribution in [3.05, 3.63) is 99.8 Å². The quantitative estimate of drug-likeness (QED) is 0.276. The third-order valence-electron chi connectivity index (χ3n) is 5.64. The van der Waals surface area contributed by atoms with E-state index in [0.29, 0.717) is 28.8 Å². The van der Waals surface area contributed by atoms with E-state index in [0.717, 1.165) is 21.4 Å². The molecule has 168 valence electrons. The molecule has 8 heteroatoms. The zero-order valence-electron chi connectivity index (χ0n) is 18.8. The van der Waals surface area contributed by atoms with E-state index in [1.807, 2.05) is 79.7 Å². The van der Waals surface area contributed by atoms with Crippen LogP contribution in [0.3, 0.4) is 0 Å². The van der Waals surface area contributed by atoms with Gasteiger partial charge in [-0.15, -0.1) is 0 Å². The van der Waals surface area contributed by atoms with E-state index in [1.165, 1.54) is 29.1 Å². The number of aliphatic imine (C=N–C) groups is 1. The Morgan fingerprint density at radius 3 is 2.62 bits per heavy atom. The van der Waals surface area contributed by atoms with Crippen molar-refractivity contribution in [1.29, 1.82) is 0 Å². The summed E-state index contributed by atoms with van der Waals surface area (Å²) in [6, 6.07) is 21.8. The lowest BCUT2D eigenvalue weighted by Gasteiger charge is -2.15. The number of amidine groups is 1. The second-order valence-corrected chi connectivity index (χ2v) is 9.79. The Morgan fingerprint density at radius 1 is 1.06 bits per heavy atom. The number of fused-ring (bicyclic) bond motifs is 1. The highest BCUT2D eigenvalue weighted by atomic mass is 32.2. The number of hydrogen-bond acceptors (Lipinski definition) is 5. The third-order valence-corrected chi connectivity index (χ3v) is 8.06. The van der Waals surface area contributed by atoms with Crippen LogP contribution in [0.1, 0.15) is 12.5 Å². The Hall–Kier alpha value is -3.54. The Morgan fingerprint density at radius 2 is 1.85 bits per heavy atom. The molecule has 0 radical (unpaired) electrons. The maximum absolute atomic E-state index is 13.4. The van der Waals surface area contributed by atoms with Gasteiger partial charge >= 0.3 is 5.82 Å². The summed E-state index contributed by atoms with van der Waals surface area (Å²) in [5.74, 6) is 0.758. The molecule has 0 saturated carbocycles. The Labute approximate surface area is 207 Å². The summed E-state index contributed by atoms with van der Waals surface area (Å²) < 4.78 is 2.09. The van der Waals surface area contributed by atoms with E-state index in [2.05, 4.69) is 21.5 Å². The van der Waals surface area contributed by atoms with E-state index in [9.17, 15) is 4.79 Å². The predicted octanol–water partition coefficient (Wildman–Crippen LogP) is 5.57. The van der Waals surface area contributed by atoms with Crippen LogP contribution in [0.4, 0.5) is 17.2 Å². The van der Waals surface area contributed by atoms with Crippen LogP contribution in [-0.2, 0) is 11.3 Å². The van der Waals surface area contributed by atoms with Crippen LogP contribution in [0, 0.1) is 6.57 Å². The summed E-state index contributed by atoms with van der Waals surface area (Å²) in [4.78, 5) is 27.3. The second kappa shape index (κ2) is 9.37. The van der Waals surface area contributed by atoms with Crippen molar-refractivity contribution >= 4 is 51.8 Å². The summed E-state index contributed by atoms with van der Waals surface area (Å²) >= 11 is 2.95. The fourth-order valence-electron chi connectivity index (χ4n) is 3.89. The molecule has 2 aliphatic rings. The minimum absolute atomic E-state index is 0.0376. The average molecular weight is 485 g/mol. The summed E-state index contributed by atoms with van der Waals surface area (Å²) in [6.07, 6.45) is 2.01. The number of amides is 1. The predicted molar refractivity (Wildman–Crippen MR) is 138 cm³/mol. The molecule has 0 atom stereocenters. The average Bonchev–Trinajstić information content (AvgIpc) is 3.35. The van der Waals surface area contributed by atoms with Crippen LogP contribution in [0.2, 0.25) is 0 Å². The van der Waals surface area contributed by atoms with Crippen molar-refractivity contribution in [2.45, 2.75) is 18.4 Å². The summed E-state index contributed by atoms with van der Waals surface area (Å²) in [5.41, 5.74) is 2.79. The molecule has 3 aromatic rings. The molecule has 0 spiro atoms. The van der Waals surface area contributed by atoms with Crippen LogP contribution >= 0.6 is 23.5 Å². The number of anilines is 1. The van der Waals surface area contributed by atoms with E-state index in [1.54, 1.807) is 4.90 Å². The number of rotatable bonds is 4. The molecular weight excluding hydrogens is 462 g/mol. The first kappa shape index (κ1) is 22.3. The Bertz CT molecular complexity index is 1380. The Kier molecular flexibility index (Phi) is 6.14. The second-order valence-electron chi connectivity index (χ2n) is 7.78. The van der Waals surface area contributed by atoms with Crippen molar-refractivity contribution in [1.82, 2.24) is 4.90 Å². The summed E-state index contributed by atoms with van der Waals surface area (Å²) in [5, 5.41) is 1.55. The molecule has 0 aliphatic carbocycles. The first-order valence-corrected chi connectivity index (χ1v) is 12.5. The first-order chi connectivity index (χ1) is 16.6. The zero-order valence-corrected chi connectivity index (χ0v) is 20.4. The van der Waals surface area contributed by atoms with Gasteiger partial charge in [-0.3, -0.25) is 9.69 Å². The van der Waals surface area contributed by atoms with Crippen molar-refractivity contribution in [2.24, 2.45) is 4.99 Å². The third kappa shape index (κ3) is 4.09.